The summed E-state index contributed by atoms with van der Waals surface area (Å²) in [6.07, 6.45) is 9.68. The third-order valence-electron chi connectivity index (χ3n) is 4.54. The molecule has 0 atom stereocenters. The Labute approximate surface area is 121 Å². The molecule has 2 heteroatoms. The van der Waals surface area contributed by atoms with Crippen molar-refractivity contribution in [3.05, 3.63) is 0 Å². The van der Waals surface area contributed by atoms with Crippen LogP contribution in [0.25, 0.3) is 0 Å². The van der Waals surface area contributed by atoms with Crippen molar-refractivity contribution in [1.29, 1.82) is 0 Å². The second kappa shape index (κ2) is 8.26. The van der Waals surface area contributed by atoms with Gasteiger partial charge in [-0.15, -0.1) is 0 Å². The molecule has 0 saturated heterocycles. The molecule has 0 aromatic heterocycles. The molecule has 0 aromatic carbocycles. The third-order valence-corrected chi connectivity index (χ3v) is 4.54. The highest BCUT2D eigenvalue weighted by atomic mass is 15.2. The van der Waals surface area contributed by atoms with Crippen molar-refractivity contribution in [3.63, 3.8) is 0 Å². The summed E-state index contributed by atoms with van der Waals surface area (Å²) in [5, 5.41) is 0. The van der Waals surface area contributed by atoms with E-state index in [9.17, 15) is 0 Å². The van der Waals surface area contributed by atoms with Crippen LogP contribution in [-0.4, -0.2) is 30.6 Å². The Morgan fingerprint density at radius 3 is 2.32 bits per heavy atom. The van der Waals surface area contributed by atoms with Crippen LogP contribution in [0.3, 0.4) is 0 Å². The maximum Gasteiger partial charge on any atom is 0.00953 e. The van der Waals surface area contributed by atoms with Crippen molar-refractivity contribution < 1.29 is 0 Å². The number of unbranched alkanes of at least 4 members (excludes halogenated alkanes) is 1. The van der Waals surface area contributed by atoms with Gasteiger partial charge in [-0.3, -0.25) is 0 Å². The smallest absolute Gasteiger partial charge is 0.00953 e. The third kappa shape index (κ3) is 6.76. The van der Waals surface area contributed by atoms with E-state index < -0.39 is 0 Å². The van der Waals surface area contributed by atoms with Gasteiger partial charge in [-0.05, 0) is 50.1 Å². The summed E-state index contributed by atoms with van der Waals surface area (Å²) in [5.41, 5.74) is 6.13. The fraction of sp³-hybridized carbons (Fsp3) is 1.00. The van der Waals surface area contributed by atoms with Gasteiger partial charge in [0.05, 0.1) is 0 Å². The molecule has 0 spiro atoms. The number of hydrogen-bond acceptors (Lipinski definition) is 2. The lowest BCUT2D eigenvalue weighted by molar-refractivity contribution is 0.170. The Kier molecular flexibility index (Phi) is 7.38. The fourth-order valence-corrected chi connectivity index (χ4v) is 3.18. The lowest BCUT2D eigenvalue weighted by atomic mass is 9.87. The molecule has 1 aliphatic carbocycles. The van der Waals surface area contributed by atoms with E-state index in [2.05, 4.69) is 32.6 Å². The van der Waals surface area contributed by atoms with Gasteiger partial charge in [0.2, 0.25) is 0 Å². The summed E-state index contributed by atoms with van der Waals surface area (Å²) < 4.78 is 0. The van der Waals surface area contributed by atoms with Gasteiger partial charge < -0.3 is 10.6 Å². The van der Waals surface area contributed by atoms with E-state index >= 15 is 0 Å². The van der Waals surface area contributed by atoms with E-state index in [1.54, 1.807) is 0 Å². The first-order valence-corrected chi connectivity index (χ1v) is 8.39. The van der Waals surface area contributed by atoms with Gasteiger partial charge in [0.15, 0.2) is 0 Å². The number of nitrogens with zero attached hydrogens (tertiary/aromatic N) is 1. The quantitative estimate of drug-likeness (QED) is 0.639. The largest absolute Gasteiger partial charge is 0.330 e. The molecule has 2 N–H and O–H groups in total. The minimum absolute atomic E-state index is 0.330. The van der Waals surface area contributed by atoms with Gasteiger partial charge in [-0.2, -0.15) is 0 Å². The van der Waals surface area contributed by atoms with E-state index in [0.717, 1.165) is 18.5 Å². The second-order valence-corrected chi connectivity index (χ2v) is 7.65. The monoisotopic (exact) mass is 268 g/mol. The Morgan fingerprint density at radius 2 is 1.79 bits per heavy atom. The van der Waals surface area contributed by atoms with Gasteiger partial charge >= 0.3 is 0 Å². The first-order valence-electron chi connectivity index (χ1n) is 8.39. The average molecular weight is 268 g/mol. The van der Waals surface area contributed by atoms with E-state index in [1.165, 1.54) is 58.0 Å². The standard InChI is InChI=1S/C17H36N2/c1-15(2)13-19(16-9-5-6-10-16)12-8-7-11-17(3,4)14-18/h15-16H,5-14,18H2,1-4H3. The van der Waals surface area contributed by atoms with Crippen LogP contribution >= 0.6 is 0 Å². The van der Waals surface area contributed by atoms with Crippen molar-refractivity contribution in [2.75, 3.05) is 19.6 Å². The number of hydrogen-bond donors (Lipinski definition) is 1. The van der Waals surface area contributed by atoms with Crippen LogP contribution in [0.1, 0.15) is 72.6 Å². The summed E-state index contributed by atoms with van der Waals surface area (Å²) in [4.78, 5) is 2.77. The van der Waals surface area contributed by atoms with Crippen LogP contribution in [0.4, 0.5) is 0 Å². The zero-order valence-corrected chi connectivity index (χ0v) is 13.8. The Bertz CT molecular complexity index is 229. The molecule has 19 heavy (non-hydrogen) atoms. The average Bonchev–Trinajstić information content (AvgIpc) is 2.86. The normalized spacial score (nSPS) is 17.8. The second-order valence-electron chi connectivity index (χ2n) is 7.65. The van der Waals surface area contributed by atoms with E-state index in [-0.39, 0.29) is 0 Å². The molecule has 2 nitrogen and oxygen atoms in total. The van der Waals surface area contributed by atoms with Crippen molar-refractivity contribution in [2.45, 2.75) is 78.7 Å². The molecule has 1 rings (SSSR count). The molecule has 1 aliphatic rings. The summed E-state index contributed by atoms with van der Waals surface area (Å²) >= 11 is 0. The number of nitrogens with two attached hydrogens (primary N) is 1. The van der Waals surface area contributed by atoms with E-state index in [4.69, 9.17) is 5.73 Å². The molecule has 0 aromatic rings. The summed E-state index contributed by atoms with van der Waals surface area (Å²) in [6.45, 7) is 12.7. The topological polar surface area (TPSA) is 29.3 Å². The molecule has 114 valence electrons. The molecule has 0 radical (unpaired) electrons. The maximum absolute atomic E-state index is 5.80. The molecule has 0 heterocycles. The molecule has 1 saturated carbocycles. The predicted molar refractivity (Wildman–Crippen MR) is 85.4 cm³/mol. The van der Waals surface area contributed by atoms with Crippen molar-refractivity contribution in [2.24, 2.45) is 17.1 Å². The predicted octanol–water partition coefficient (Wildman–Crippen LogP) is 4.04. The van der Waals surface area contributed by atoms with Gasteiger partial charge in [-0.25, -0.2) is 0 Å². The molecule has 0 bridgehead atoms. The van der Waals surface area contributed by atoms with Crippen molar-refractivity contribution in [3.8, 4) is 0 Å². The molecule has 0 unspecified atom stereocenters. The van der Waals surface area contributed by atoms with Crippen LogP contribution in [0.5, 0.6) is 0 Å². The zero-order chi connectivity index (χ0) is 14.3. The molecule has 0 amide bonds. The SMILES string of the molecule is CC(C)CN(CCCCC(C)(C)CN)C1CCCC1. The molecular weight excluding hydrogens is 232 g/mol. The van der Waals surface area contributed by atoms with E-state index in [1.807, 2.05) is 0 Å². The number of rotatable bonds is 9. The minimum Gasteiger partial charge on any atom is -0.330 e. The Balaban J connectivity index is 2.28. The lowest BCUT2D eigenvalue weighted by Crippen LogP contribution is -2.37. The van der Waals surface area contributed by atoms with Crippen LogP contribution in [0, 0.1) is 11.3 Å². The van der Waals surface area contributed by atoms with Gasteiger partial charge in [0.25, 0.3) is 0 Å². The zero-order valence-electron chi connectivity index (χ0n) is 13.8. The maximum atomic E-state index is 5.80. The summed E-state index contributed by atoms with van der Waals surface area (Å²) in [5.74, 6) is 0.793. The summed E-state index contributed by atoms with van der Waals surface area (Å²) in [7, 11) is 0. The van der Waals surface area contributed by atoms with E-state index in [0.29, 0.717) is 5.41 Å². The van der Waals surface area contributed by atoms with Crippen LogP contribution in [0.2, 0.25) is 0 Å². The van der Waals surface area contributed by atoms with Crippen LogP contribution in [0.15, 0.2) is 0 Å². The summed E-state index contributed by atoms with van der Waals surface area (Å²) in [6, 6.07) is 0.880. The van der Waals surface area contributed by atoms with Crippen LogP contribution in [-0.2, 0) is 0 Å². The fourth-order valence-electron chi connectivity index (χ4n) is 3.18. The van der Waals surface area contributed by atoms with Gasteiger partial charge in [0.1, 0.15) is 0 Å². The molecular formula is C17H36N2. The van der Waals surface area contributed by atoms with Gasteiger partial charge in [0, 0.05) is 12.6 Å². The minimum atomic E-state index is 0.330. The van der Waals surface area contributed by atoms with Gasteiger partial charge in [-0.1, -0.05) is 47.0 Å². The van der Waals surface area contributed by atoms with Crippen molar-refractivity contribution >= 4 is 0 Å². The highest BCUT2D eigenvalue weighted by Gasteiger charge is 2.23. The first-order chi connectivity index (χ1) is 8.94. The van der Waals surface area contributed by atoms with Crippen LogP contribution < -0.4 is 5.73 Å². The Hall–Kier alpha value is -0.0800. The lowest BCUT2D eigenvalue weighted by Gasteiger charge is -2.31. The van der Waals surface area contributed by atoms with Crippen molar-refractivity contribution in [1.82, 2.24) is 4.90 Å². The highest BCUT2D eigenvalue weighted by molar-refractivity contribution is 4.78. The Morgan fingerprint density at radius 1 is 1.16 bits per heavy atom. The molecule has 0 aliphatic heterocycles. The first kappa shape index (κ1) is 17.0. The highest BCUT2D eigenvalue weighted by Crippen LogP contribution is 2.26. The molecule has 1 fully saturated rings.